The summed E-state index contributed by atoms with van der Waals surface area (Å²) >= 11 is 1.45. The molecular weight excluding hydrogens is 305 g/mol. The van der Waals surface area contributed by atoms with Crippen molar-refractivity contribution in [3.63, 3.8) is 0 Å². The third kappa shape index (κ3) is 2.73. The summed E-state index contributed by atoms with van der Waals surface area (Å²) in [5, 5.41) is 9.67. The Labute approximate surface area is 126 Å². The predicted molar refractivity (Wildman–Crippen MR) is 87.7 cm³/mol. The summed E-state index contributed by atoms with van der Waals surface area (Å²) in [5.74, 6) is 2.05. The summed E-state index contributed by atoms with van der Waals surface area (Å²) in [6.45, 7) is 0. The van der Waals surface area contributed by atoms with Gasteiger partial charge >= 0.3 is 0 Å². The molecule has 1 atom stereocenters. The summed E-state index contributed by atoms with van der Waals surface area (Å²) < 4.78 is 0. The number of rotatable bonds is 3. The molecular formula is C14H12N3O2PS. The van der Waals surface area contributed by atoms with Crippen molar-refractivity contribution in [2.75, 3.05) is 0 Å². The number of fused-ring (bicyclic) bond motifs is 1. The Hall–Kier alpha value is -2.04. The Balaban J connectivity index is 2.08. The molecule has 0 spiro atoms. The van der Waals surface area contributed by atoms with E-state index in [9.17, 15) is 9.90 Å². The molecule has 0 saturated carbocycles. The number of aromatic nitrogens is 3. The first-order chi connectivity index (χ1) is 10.2. The minimum atomic E-state index is -0.201. The smallest absolute Gasteiger partial charge is 0.275 e. The molecule has 0 bridgehead atoms. The fraction of sp³-hybridized carbons (Fsp3) is 0. The molecule has 106 valence electrons. The van der Waals surface area contributed by atoms with Crippen LogP contribution in [-0.2, 0) is 0 Å². The second kappa shape index (κ2) is 5.76. The van der Waals surface area contributed by atoms with Crippen LogP contribution in [0, 0.1) is 0 Å². The van der Waals surface area contributed by atoms with Crippen molar-refractivity contribution in [3.8, 4) is 5.75 Å². The highest BCUT2D eigenvalue weighted by molar-refractivity contribution is 7.99. The zero-order chi connectivity index (χ0) is 14.8. The van der Waals surface area contributed by atoms with Gasteiger partial charge in [-0.3, -0.25) is 4.79 Å². The Morgan fingerprint density at radius 3 is 2.95 bits per heavy atom. The van der Waals surface area contributed by atoms with E-state index in [-0.39, 0.29) is 11.3 Å². The maximum atomic E-state index is 11.7. The molecule has 3 N–H and O–H groups in total. The van der Waals surface area contributed by atoms with Crippen molar-refractivity contribution in [1.82, 2.24) is 15.0 Å². The molecule has 0 fully saturated rings. The SMILES string of the molecule is O=c1[nH]cnc2c(Sc3cc(O)ccc3/C=C/P)c[nH]c12. The van der Waals surface area contributed by atoms with Crippen LogP contribution in [-0.4, -0.2) is 20.1 Å². The van der Waals surface area contributed by atoms with E-state index in [0.29, 0.717) is 11.0 Å². The molecule has 0 aliphatic heterocycles. The van der Waals surface area contributed by atoms with E-state index in [1.165, 1.54) is 18.1 Å². The number of H-pyrrole nitrogens is 2. The summed E-state index contributed by atoms with van der Waals surface area (Å²) in [7, 11) is 2.52. The van der Waals surface area contributed by atoms with E-state index in [4.69, 9.17) is 0 Å². The summed E-state index contributed by atoms with van der Waals surface area (Å²) in [5.41, 5.74) is 1.84. The molecule has 0 radical (unpaired) electrons. The zero-order valence-corrected chi connectivity index (χ0v) is 12.8. The summed E-state index contributed by atoms with van der Waals surface area (Å²) in [4.78, 5) is 23.1. The number of hydrogen-bond acceptors (Lipinski definition) is 4. The van der Waals surface area contributed by atoms with Crippen LogP contribution in [0.3, 0.4) is 0 Å². The fourth-order valence-corrected chi connectivity index (χ4v) is 3.22. The van der Waals surface area contributed by atoms with Gasteiger partial charge in [-0.15, -0.1) is 9.24 Å². The van der Waals surface area contributed by atoms with Gasteiger partial charge in [0.25, 0.3) is 5.56 Å². The number of hydrogen-bond donors (Lipinski definition) is 3. The summed E-state index contributed by atoms with van der Waals surface area (Å²) in [6.07, 6.45) is 5.06. The van der Waals surface area contributed by atoms with Gasteiger partial charge in [-0.1, -0.05) is 29.7 Å². The van der Waals surface area contributed by atoms with Crippen LogP contribution in [0.15, 0.2) is 51.1 Å². The highest BCUT2D eigenvalue weighted by Crippen LogP contribution is 2.36. The zero-order valence-electron chi connectivity index (χ0n) is 10.8. The van der Waals surface area contributed by atoms with E-state index < -0.39 is 0 Å². The number of aromatic amines is 2. The Morgan fingerprint density at radius 2 is 2.14 bits per heavy atom. The maximum Gasteiger partial charge on any atom is 0.275 e. The lowest BCUT2D eigenvalue weighted by Gasteiger charge is -2.05. The van der Waals surface area contributed by atoms with E-state index >= 15 is 0 Å². The highest BCUT2D eigenvalue weighted by Gasteiger charge is 2.11. The van der Waals surface area contributed by atoms with Gasteiger partial charge in [0.05, 0.1) is 11.2 Å². The number of nitrogens with zero attached hydrogens (tertiary/aromatic N) is 1. The normalized spacial score (nSPS) is 11.5. The molecule has 21 heavy (non-hydrogen) atoms. The Kier molecular flexibility index (Phi) is 3.82. The lowest BCUT2D eigenvalue weighted by molar-refractivity contribution is 0.474. The van der Waals surface area contributed by atoms with Crippen molar-refractivity contribution >= 4 is 38.1 Å². The first-order valence-electron chi connectivity index (χ1n) is 6.13. The second-order valence-corrected chi connectivity index (χ2v) is 5.76. The molecule has 0 amide bonds. The molecule has 1 aromatic carbocycles. The largest absolute Gasteiger partial charge is 0.508 e. The molecule has 0 saturated heterocycles. The molecule has 2 heterocycles. The van der Waals surface area contributed by atoms with Crippen molar-refractivity contribution in [1.29, 1.82) is 0 Å². The molecule has 3 rings (SSSR count). The van der Waals surface area contributed by atoms with Gasteiger partial charge in [0.15, 0.2) is 0 Å². The van der Waals surface area contributed by atoms with Gasteiger partial charge < -0.3 is 15.1 Å². The molecule has 1 unspecified atom stereocenters. The van der Waals surface area contributed by atoms with Gasteiger partial charge in [0.2, 0.25) is 0 Å². The van der Waals surface area contributed by atoms with Crippen LogP contribution >= 0.6 is 21.0 Å². The molecule has 7 heteroatoms. The van der Waals surface area contributed by atoms with Crippen LogP contribution in [0.4, 0.5) is 0 Å². The molecule has 3 aromatic rings. The predicted octanol–water partition coefficient (Wildman–Crippen LogP) is 2.95. The van der Waals surface area contributed by atoms with E-state index in [1.54, 1.807) is 18.3 Å². The third-order valence-corrected chi connectivity index (χ3v) is 4.22. The standard InChI is InChI=1S/C14H12N3O2PS/c18-9-2-1-8(3-4-20)10(5-9)21-11-6-15-13-12(11)16-7-17-14(13)19/h1-7,15,18H,20H2,(H,16,17,19)/b4-3+. The number of benzene rings is 1. The minimum absolute atomic E-state index is 0.198. The van der Waals surface area contributed by atoms with Crippen molar-refractivity contribution in [2.24, 2.45) is 0 Å². The number of aromatic hydroxyl groups is 1. The molecule has 0 aliphatic carbocycles. The van der Waals surface area contributed by atoms with Gasteiger partial charge in [-0.05, 0) is 17.7 Å². The monoisotopic (exact) mass is 317 g/mol. The molecule has 2 aromatic heterocycles. The molecule has 0 aliphatic rings. The number of phenolic OH excluding ortho intramolecular Hbond substituents is 1. The Bertz CT molecular complexity index is 885. The lowest BCUT2D eigenvalue weighted by Crippen LogP contribution is -2.05. The maximum absolute atomic E-state index is 11.7. The number of nitrogens with one attached hydrogen (secondary N) is 2. The minimum Gasteiger partial charge on any atom is -0.508 e. The van der Waals surface area contributed by atoms with Crippen LogP contribution in [0.25, 0.3) is 17.1 Å². The summed E-state index contributed by atoms with van der Waals surface area (Å²) in [6, 6.07) is 5.17. The second-order valence-electron chi connectivity index (χ2n) is 4.29. The quantitative estimate of drug-likeness (QED) is 0.649. The van der Waals surface area contributed by atoms with Crippen LogP contribution in [0.5, 0.6) is 5.75 Å². The lowest BCUT2D eigenvalue weighted by atomic mass is 10.2. The van der Waals surface area contributed by atoms with E-state index in [0.717, 1.165) is 15.4 Å². The molecule has 5 nitrogen and oxygen atoms in total. The average Bonchev–Trinajstić information content (AvgIpc) is 2.87. The van der Waals surface area contributed by atoms with E-state index in [1.807, 2.05) is 18.0 Å². The van der Waals surface area contributed by atoms with Gasteiger partial charge in [0, 0.05) is 11.1 Å². The van der Waals surface area contributed by atoms with Crippen molar-refractivity contribution in [2.45, 2.75) is 9.79 Å². The van der Waals surface area contributed by atoms with E-state index in [2.05, 4.69) is 24.2 Å². The highest BCUT2D eigenvalue weighted by atomic mass is 32.2. The van der Waals surface area contributed by atoms with Crippen LogP contribution < -0.4 is 5.56 Å². The van der Waals surface area contributed by atoms with Crippen molar-refractivity contribution < 1.29 is 5.11 Å². The Morgan fingerprint density at radius 1 is 1.29 bits per heavy atom. The first-order valence-corrected chi connectivity index (χ1v) is 7.61. The fourth-order valence-electron chi connectivity index (χ4n) is 1.98. The van der Waals surface area contributed by atoms with Crippen LogP contribution in [0.2, 0.25) is 0 Å². The average molecular weight is 317 g/mol. The number of phenols is 1. The topological polar surface area (TPSA) is 81.8 Å². The first kappa shape index (κ1) is 13.9. The van der Waals surface area contributed by atoms with Gasteiger partial charge in [0.1, 0.15) is 16.8 Å². The third-order valence-electron chi connectivity index (χ3n) is 2.93. The van der Waals surface area contributed by atoms with Crippen molar-refractivity contribution in [3.05, 3.63) is 52.5 Å². The van der Waals surface area contributed by atoms with Gasteiger partial charge in [-0.2, -0.15) is 0 Å². The van der Waals surface area contributed by atoms with Crippen LogP contribution in [0.1, 0.15) is 5.56 Å². The van der Waals surface area contributed by atoms with Gasteiger partial charge in [-0.25, -0.2) is 4.98 Å².